The van der Waals surface area contributed by atoms with E-state index in [2.05, 4.69) is 0 Å². The highest BCUT2D eigenvalue weighted by atomic mass is 32.2. The minimum Gasteiger partial charge on any atom is -0.344 e. The molecule has 10 heteroatoms. The van der Waals surface area contributed by atoms with Gasteiger partial charge in [0.15, 0.2) is 0 Å². The molecule has 0 amide bonds. The van der Waals surface area contributed by atoms with Gasteiger partial charge in [-0.2, -0.15) is 4.21 Å². The molecule has 8 N–H and O–H groups in total. The van der Waals surface area contributed by atoms with Crippen molar-refractivity contribution in [2.24, 2.45) is 0 Å². The lowest BCUT2D eigenvalue weighted by molar-refractivity contribution is 0.275. The van der Waals surface area contributed by atoms with Gasteiger partial charge in [-0.15, -0.1) is 0 Å². The van der Waals surface area contributed by atoms with Crippen LogP contribution >= 0.6 is 7.82 Å². The molecule has 10 heavy (non-hydrogen) atoms. The topological polar surface area (TPSA) is 170 Å². The summed E-state index contributed by atoms with van der Waals surface area (Å²) >= 11 is -2.61. The summed E-state index contributed by atoms with van der Waals surface area (Å²) in [6.45, 7) is 0. The summed E-state index contributed by atoms with van der Waals surface area (Å²) in [5.74, 6) is 0. The third kappa shape index (κ3) is 21200. The molecule has 0 unspecified atom stereocenters. The molecule has 8 nitrogen and oxygen atoms in total. The van der Waals surface area contributed by atoms with Crippen molar-refractivity contribution in [1.29, 1.82) is 0 Å². The van der Waals surface area contributed by atoms with Gasteiger partial charge in [0.05, 0.1) is 0 Å². The molecular weight excluding hydrogens is 189 g/mol. The molecule has 0 fully saturated rings. The van der Waals surface area contributed by atoms with Crippen LogP contribution in [0.15, 0.2) is 0 Å². The smallest absolute Gasteiger partial charge is 0.344 e. The summed E-state index contributed by atoms with van der Waals surface area (Å²) < 4.78 is 31.7. The Morgan fingerprint density at radius 2 is 1.10 bits per heavy atom. The Morgan fingerprint density at radius 1 is 1.10 bits per heavy atom. The third-order valence-electron chi connectivity index (χ3n) is 0. The average Bonchev–Trinajstić information content (AvgIpc) is 1.19. The van der Waals surface area contributed by atoms with Gasteiger partial charge in [0.2, 0.25) is 0 Å². The van der Waals surface area contributed by atoms with Gasteiger partial charge in [-0.3, -0.25) is 9.11 Å². The van der Waals surface area contributed by atoms with Gasteiger partial charge >= 0.3 is 7.82 Å². The number of hydrogen-bond acceptors (Lipinski definition) is 3. The van der Waals surface area contributed by atoms with Gasteiger partial charge in [0, 0.05) is 0 Å². The van der Waals surface area contributed by atoms with Crippen molar-refractivity contribution >= 4 is 19.2 Å². The van der Waals surface area contributed by atoms with Crippen molar-refractivity contribution in [1.82, 2.24) is 6.15 Å². The molecule has 0 atom stereocenters. The Labute approximate surface area is 58.8 Å². The first-order valence-corrected chi connectivity index (χ1v) is 3.94. The van der Waals surface area contributed by atoms with Crippen molar-refractivity contribution in [3.8, 4) is 0 Å². The van der Waals surface area contributed by atoms with E-state index in [1.54, 1.807) is 0 Å². The monoisotopic (exact) mass is 197 g/mol. The van der Waals surface area contributed by atoms with Crippen molar-refractivity contribution < 1.29 is 32.6 Å². The zero-order chi connectivity index (χ0) is 8.08. The molecule has 0 aromatic carbocycles. The van der Waals surface area contributed by atoms with Crippen LogP contribution in [0.5, 0.6) is 0 Å². The van der Waals surface area contributed by atoms with Crippen molar-refractivity contribution in [2.45, 2.75) is 0 Å². The van der Waals surface area contributed by atoms with E-state index in [1.165, 1.54) is 0 Å². The first kappa shape index (κ1) is 16.6. The summed E-state index contributed by atoms with van der Waals surface area (Å²) in [6, 6.07) is 0. The molecule has 0 aromatic heterocycles. The quantitative estimate of drug-likeness (QED) is 0.210. The van der Waals surface area contributed by atoms with Crippen LogP contribution < -0.4 is 6.15 Å². The Kier molecular flexibility index (Phi) is 12.0. The van der Waals surface area contributed by atoms with Crippen molar-refractivity contribution in [3.63, 3.8) is 0 Å². The molecule has 0 aliphatic carbocycles. The van der Waals surface area contributed by atoms with Crippen molar-refractivity contribution in [2.75, 3.05) is 0 Å². The van der Waals surface area contributed by atoms with E-state index in [4.69, 9.17) is 32.6 Å². The highest BCUT2D eigenvalue weighted by molar-refractivity contribution is 7.73. The van der Waals surface area contributed by atoms with Gasteiger partial charge in [-0.05, 0) is 0 Å². The Hall–Kier alpha value is 0.140. The lowest BCUT2D eigenvalue weighted by Crippen LogP contribution is -1.74. The highest BCUT2D eigenvalue weighted by Gasteiger charge is 2.00. The maximum Gasteiger partial charge on any atom is 0.466 e. The summed E-state index contributed by atoms with van der Waals surface area (Å²) in [5.41, 5.74) is 0. The van der Waals surface area contributed by atoms with Crippen LogP contribution in [0.3, 0.4) is 0 Å². The fourth-order valence-electron chi connectivity index (χ4n) is 0. The summed E-state index contributed by atoms with van der Waals surface area (Å²) in [7, 11) is -4.64. The molecule has 0 heterocycles. The second-order valence-corrected chi connectivity index (χ2v) is 2.23. The average molecular weight is 197 g/mol. The normalized spacial score (nSPS) is 9.40. The lowest BCUT2D eigenvalue weighted by atomic mass is 14.0. The van der Waals surface area contributed by atoms with Crippen LogP contribution in [0, 0.1) is 0 Å². The zero-order valence-corrected chi connectivity index (χ0v) is 6.33. The zero-order valence-electron chi connectivity index (χ0n) is 4.62. The minimum absolute atomic E-state index is 0. The van der Waals surface area contributed by atoms with E-state index in [0.717, 1.165) is 0 Å². The van der Waals surface area contributed by atoms with Crippen LogP contribution in [0.2, 0.25) is 0 Å². The molecule has 0 bridgehead atoms. The number of phosphoric acid groups is 1. The molecule has 0 aromatic rings. The van der Waals surface area contributed by atoms with Crippen LogP contribution in [0.1, 0.15) is 0 Å². The van der Waals surface area contributed by atoms with Crippen LogP contribution in [-0.2, 0) is 15.9 Å². The van der Waals surface area contributed by atoms with E-state index in [9.17, 15) is 0 Å². The highest BCUT2D eigenvalue weighted by Crippen LogP contribution is 2.25. The van der Waals surface area contributed by atoms with Crippen LogP contribution in [0.4, 0.5) is 0 Å². The molecule has 0 aliphatic heterocycles. The third-order valence-corrected chi connectivity index (χ3v) is 0. The predicted octanol–water partition coefficient (Wildman–Crippen LogP) is -1.09. The summed E-state index contributed by atoms with van der Waals surface area (Å²) in [4.78, 5) is 21.6. The largest absolute Gasteiger partial charge is 0.466 e. The van der Waals surface area contributed by atoms with E-state index in [-0.39, 0.29) is 6.15 Å². The minimum atomic E-state index is -4.64. The molecular formula is H8NO7PS. The standard InChI is InChI=1S/H3N.H3O4P.H2O3S/c;1-5(2,3)4;1-4(2)3/h1H3;(H3,1,2,3,4);(H2,1,2,3). The van der Waals surface area contributed by atoms with Crippen LogP contribution in [-0.4, -0.2) is 28.0 Å². The first-order chi connectivity index (χ1) is 3.73. The molecule has 0 aliphatic rings. The molecule has 0 saturated carbocycles. The van der Waals surface area contributed by atoms with Crippen LogP contribution in [0.25, 0.3) is 0 Å². The molecule has 66 valence electrons. The Bertz CT molecular complexity index is 113. The predicted molar refractivity (Wildman–Crippen MR) is 32.7 cm³/mol. The van der Waals surface area contributed by atoms with Crippen molar-refractivity contribution in [3.05, 3.63) is 0 Å². The van der Waals surface area contributed by atoms with E-state index in [0.29, 0.717) is 0 Å². The molecule has 0 rings (SSSR count). The SMILES string of the molecule is N.O=P(O)(O)O.O=S(O)O. The number of hydrogen-bond donors (Lipinski definition) is 6. The van der Waals surface area contributed by atoms with Gasteiger partial charge in [0.25, 0.3) is 11.4 Å². The second-order valence-electron chi connectivity index (χ2n) is 0.744. The van der Waals surface area contributed by atoms with Gasteiger partial charge < -0.3 is 20.8 Å². The summed E-state index contributed by atoms with van der Waals surface area (Å²) in [6.07, 6.45) is 0. The Balaban J connectivity index is -0.0000000910. The maximum absolute atomic E-state index is 8.88. The van der Waals surface area contributed by atoms with E-state index in [1.807, 2.05) is 0 Å². The fraction of sp³-hybridized carbons (Fsp3) is 0. The van der Waals surface area contributed by atoms with E-state index >= 15 is 0 Å². The van der Waals surface area contributed by atoms with Gasteiger partial charge in [-0.1, -0.05) is 0 Å². The summed E-state index contributed by atoms with van der Waals surface area (Å²) in [5, 5.41) is 0. The first-order valence-electron chi connectivity index (χ1n) is 1.31. The molecule has 0 radical (unpaired) electrons. The second kappa shape index (κ2) is 7.25. The fourth-order valence-corrected chi connectivity index (χ4v) is 0. The van der Waals surface area contributed by atoms with Gasteiger partial charge in [-0.25, -0.2) is 4.57 Å². The lowest BCUT2D eigenvalue weighted by Gasteiger charge is -1.82. The van der Waals surface area contributed by atoms with Gasteiger partial charge in [0.1, 0.15) is 0 Å². The molecule has 0 spiro atoms. The van der Waals surface area contributed by atoms with E-state index < -0.39 is 19.2 Å². The Morgan fingerprint density at radius 3 is 1.10 bits per heavy atom. The maximum atomic E-state index is 8.88. The number of rotatable bonds is 0. The molecule has 0 saturated heterocycles.